The van der Waals surface area contributed by atoms with E-state index in [-0.39, 0.29) is 0 Å². The lowest BCUT2D eigenvalue weighted by molar-refractivity contribution is 0.382. The lowest BCUT2D eigenvalue weighted by Crippen LogP contribution is -2.40. The van der Waals surface area contributed by atoms with Gasteiger partial charge >= 0.3 is 0 Å². The first-order valence-corrected chi connectivity index (χ1v) is 7.56. The summed E-state index contributed by atoms with van der Waals surface area (Å²) in [6.45, 7) is 5.26. The molecule has 0 spiro atoms. The Morgan fingerprint density at radius 3 is 2.55 bits per heavy atom. The molecule has 1 unspecified atom stereocenters. The standard InChI is InChI=1S/C17H27N3O2/c1-17(2)10-15(17)19-16(18-3)20(4)11-12-7-8-13(21-5)9-14(12)22-6/h7-9,15H,10-11H2,1-6H3,(H,18,19). The zero-order valence-electron chi connectivity index (χ0n) is 14.4. The second kappa shape index (κ2) is 6.46. The number of hydrogen-bond donors (Lipinski definition) is 1. The number of nitrogens with zero attached hydrogens (tertiary/aromatic N) is 2. The number of hydrogen-bond acceptors (Lipinski definition) is 3. The number of aliphatic imine (C=N–C) groups is 1. The number of rotatable bonds is 5. The van der Waals surface area contributed by atoms with Crippen LogP contribution in [0.3, 0.4) is 0 Å². The van der Waals surface area contributed by atoms with Crippen LogP contribution in [0.1, 0.15) is 25.8 Å². The molecule has 5 nitrogen and oxygen atoms in total. The number of nitrogens with one attached hydrogen (secondary N) is 1. The van der Waals surface area contributed by atoms with Crippen molar-refractivity contribution in [3.63, 3.8) is 0 Å². The third-order valence-corrected chi connectivity index (χ3v) is 4.29. The van der Waals surface area contributed by atoms with E-state index < -0.39 is 0 Å². The maximum atomic E-state index is 5.46. The molecule has 0 radical (unpaired) electrons. The molecule has 1 fully saturated rings. The summed E-state index contributed by atoms with van der Waals surface area (Å²) < 4.78 is 10.7. The van der Waals surface area contributed by atoms with Crippen molar-refractivity contribution in [2.24, 2.45) is 10.4 Å². The lowest BCUT2D eigenvalue weighted by Gasteiger charge is -2.24. The van der Waals surface area contributed by atoms with Gasteiger partial charge in [-0.1, -0.05) is 13.8 Å². The molecule has 22 heavy (non-hydrogen) atoms. The van der Waals surface area contributed by atoms with E-state index in [9.17, 15) is 0 Å². The Bertz CT molecular complexity index is 555. The van der Waals surface area contributed by atoms with E-state index in [0.29, 0.717) is 11.5 Å². The third kappa shape index (κ3) is 3.64. The molecule has 0 aliphatic heterocycles. The highest BCUT2D eigenvalue weighted by Crippen LogP contribution is 2.44. The Morgan fingerprint density at radius 2 is 2.05 bits per heavy atom. The third-order valence-electron chi connectivity index (χ3n) is 4.29. The summed E-state index contributed by atoms with van der Waals surface area (Å²) in [6, 6.07) is 6.39. The fourth-order valence-electron chi connectivity index (χ4n) is 2.53. The molecule has 1 aromatic carbocycles. The first-order valence-electron chi connectivity index (χ1n) is 7.56. The zero-order valence-corrected chi connectivity index (χ0v) is 14.4. The Morgan fingerprint density at radius 1 is 1.36 bits per heavy atom. The average Bonchev–Trinajstić information content (AvgIpc) is 3.11. The molecule has 0 saturated heterocycles. The minimum absolute atomic E-state index is 0.370. The molecule has 2 rings (SSSR count). The van der Waals surface area contributed by atoms with Gasteiger partial charge in [0.05, 0.1) is 14.2 Å². The lowest BCUT2D eigenvalue weighted by atomic mass is 10.2. The molecule has 1 atom stereocenters. The monoisotopic (exact) mass is 305 g/mol. The van der Waals surface area contributed by atoms with Gasteiger partial charge in [-0.2, -0.15) is 0 Å². The van der Waals surface area contributed by atoms with Gasteiger partial charge in [0.1, 0.15) is 11.5 Å². The highest BCUT2D eigenvalue weighted by Gasteiger charge is 2.46. The number of ether oxygens (including phenoxy) is 2. The van der Waals surface area contributed by atoms with Crippen molar-refractivity contribution >= 4 is 5.96 Å². The van der Waals surface area contributed by atoms with E-state index in [4.69, 9.17) is 9.47 Å². The molecule has 0 amide bonds. The Hall–Kier alpha value is -1.91. The van der Waals surface area contributed by atoms with Gasteiger partial charge in [0.15, 0.2) is 5.96 Å². The van der Waals surface area contributed by atoms with Crippen LogP contribution in [0, 0.1) is 5.41 Å². The van der Waals surface area contributed by atoms with Crippen LogP contribution in [-0.2, 0) is 6.54 Å². The molecule has 1 aromatic rings. The van der Waals surface area contributed by atoms with Gasteiger partial charge in [-0.05, 0) is 24.0 Å². The second-order valence-electron chi connectivity index (χ2n) is 6.47. The van der Waals surface area contributed by atoms with E-state index in [1.807, 2.05) is 32.3 Å². The topological polar surface area (TPSA) is 46.1 Å². The van der Waals surface area contributed by atoms with Gasteiger partial charge in [0, 0.05) is 38.3 Å². The fraction of sp³-hybridized carbons (Fsp3) is 0.588. The molecular formula is C17H27N3O2. The van der Waals surface area contributed by atoms with Gasteiger partial charge in [0.2, 0.25) is 0 Å². The molecule has 1 aliphatic carbocycles. The van der Waals surface area contributed by atoms with Crippen LogP contribution in [0.15, 0.2) is 23.2 Å². The van der Waals surface area contributed by atoms with Gasteiger partial charge in [0.25, 0.3) is 0 Å². The minimum Gasteiger partial charge on any atom is -0.497 e. The molecule has 122 valence electrons. The van der Waals surface area contributed by atoms with Crippen LogP contribution in [0.4, 0.5) is 0 Å². The van der Waals surface area contributed by atoms with Crippen molar-refractivity contribution in [3.8, 4) is 11.5 Å². The zero-order chi connectivity index (χ0) is 16.3. The van der Waals surface area contributed by atoms with Crippen LogP contribution >= 0.6 is 0 Å². The molecule has 1 N–H and O–H groups in total. The SMILES string of the molecule is CN=C(NC1CC1(C)C)N(C)Cc1ccc(OC)cc1OC. The number of benzene rings is 1. The Balaban J connectivity index is 2.05. The summed E-state index contributed by atoms with van der Waals surface area (Å²) in [5.74, 6) is 2.53. The predicted octanol–water partition coefficient (Wildman–Crippen LogP) is 2.51. The number of methoxy groups -OCH3 is 2. The van der Waals surface area contributed by atoms with Crippen LogP contribution < -0.4 is 14.8 Å². The molecular weight excluding hydrogens is 278 g/mol. The molecule has 1 saturated carbocycles. The minimum atomic E-state index is 0.370. The summed E-state index contributed by atoms with van der Waals surface area (Å²) in [4.78, 5) is 6.49. The molecule has 0 bridgehead atoms. The molecule has 0 heterocycles. The maximum Gasteiger partial charge on any atom is 0.193 e. The molecule has 0 aromatic heterocycles. The van der Waals surface area contributed by atoms with E-state index in [2.05, 4.69) is 29.1 Å². The molecule has 5 heteroatoms. The largest absolute Gasteiger partial charge is 0.497 e. The van der Waals surface area contributed by atoms with Crippen LogP contribution in [0.2, 0.25) is 0 Å². The van der Waals surface area contributed by atoms with Crippen LogP contribution in [0.5, 0.6) is 11.5 Å². The van der Waals surface area contributed by atoms with Crippen molar-refractivity contribution in [2.75, 3.05) is 28.3 Å². The summed E-state index contributed by atoms with van der Waals surface area (Å²) in [5, 5.41) is 3.52. The van der Waals surface area contributed by atoms with Crippen LogP contribution in [0.25, 0.3) is 0 Å². The quantitative estimate of drug-likeness (QED) is 0.671. The Labute approximate surface area is 133 Å². The highest BCUT2D eigenvalue weighted by molar-refractivity contribution is 5.80. The van der Waals surface area contributed by atoms with E-state index >= 15 is 0 Å². The average molecular weight is 305 g/mol. The normalized spacial score (nSPS) is 19.5. The van der Waals surface area contributed by atoms with Crippen molar-refractivity contribution < 1.29 is 9.47 Å². The predicted molar refractivity (Wildman–Crippen MR) is 89.7 cm³/mol. The summed E-state index contributed by atoms with van der Waals surface area (Å²) in [7, 11) is 7.19. The van der Waals surface area contributed by atoms with Gasteiger partial charge < -0.3 is 19.7 Å². The summed E-state index contributed by atoms with van der Waals surface area (Å²) in [5.41, 5.74) is 1.47. The van der Waals surface area contributed by atoms with Crippen LogP contribution in [-0.4, -0.2) is 45.2 Å². The second-order valence-corrected chi connectivity index (χ2v) is 6.47. The maximum absolute atomic E-state index is 5.46. The van der Waals surface area contributed by atoms with Crippen molar-refractivity contribution in [2.45, 2.75) is 32.9 Å². The van der Waals surface area contributed by atoms with Gasteiger partial charge in [-0.3, -0.25) is 4.99 Å². The van der Waals surface area contributed by atoms with Gasteiger partial charge in [-0.15, -0.1) is 0 Å². The van der Waals surface area contributed by atoms with E-state index in [0.717, 1.165) is 29.6 Å². The van der Waals surface area contributed by atoms with Crippen molar-refractivity contribution in [1.82, 2.24) is 10.2 Å². The van der Waals surface area contributed by atoms with E-state index in [1.165, 1.54) is 6.42 Å². The first-order chi connectivity index (χ1) is 10.4. The highest BCUT2D eigenvalue weighted by atomic mass is 16.5. The van der Waals surface area contributed by atoms with Crippen molar-refractivity contribution in [1.29, 1.82) is 0 Å². The molecule has 1 aliphatic rings. The van der Waals surface area contributed by atoms with Crippen molar-refractivity contribution in [3.05, 3.63) is 23.8 Å². The number of guanidine groups is 1. The summed E-state index contributed by atoms with van der Waals surface area (Å²) in [6.07, 6.45) is 1.19. The smallest absolute Gasteiger partial charge is 0.193 e. The first kappa shape index (κ1) is 16.5. The summed E-state index contributed by atoms with van der Waals surface area (Å²) >= 11 is 0. The van der Waals surface area contributed by atoms with Gasteiger partial charge in [-0.25, -0.2) is 0 Å². The van der Waals surface area contributed by atoms with E-state index in [1.54, 1.807) is 14.2 Å². The Kier molecular flexibility index (Phi) is 4.84. The fourth-order valence-corrected chi connectivity index (χ4v) is 2.53.